The van der Waals surface area contributed by atoms with E-state index in [-0.39, 0.29) is 5.91 Å². The van der Waals surface area contributed by atoms with E-state index in [1.165, 1.54) is 5.82 Å². The second-order valence-corrected chi connectivity index (χ2v) is 7.62. The maximum absolute atomic E-state index is 12.7. The van der Waals surface area contributed by atoms with Gasteiger partial charge in [0.2, 0.25) is 0 Å². The maximum atomic E-state index is 12.7. The highest BCUT2D eigenvalue weighted by Crippen LogP contribution is 2.26. The summed E-state index contributed by atoms with van der Waals surface area (Å²) in [5.74, 6) is 1.20. The summed E-state index contributed by atoms with van der Waals surface area (Å²) in [4.78, 5) is 12.7. The Balaban J connectivity index is 1.59. The molecule has 4 nitrogen and oxygen atoms in total. The number of hydrogen-bond acceptors (Lipinski definition) is 1. The highest BCUT2D eigenvalue weighted by atomic mass is 35.5. The molecule has 0 saturated heterocycles. The lowest BCUT2D eigenvalue weighted by molar-refractivity contribution is -0.690. The normalized spacial score (nSPS) is 12.9. The molecule has 1 amide bonds. The van der Waals surface area contributed by atoms with Crippen molar-refractivity contribution in [2.45, 2.75) is 39.8 Å². The average molecular weight is 381 g/mol. The quantitative estimate of drug-likeness (QED) is 0.673. The molecule has 1 aliphatic rings. The summed E-state index contributed by atoms with van der Waals surface area (Å²) in [6.07, 6.45) is 4.18. The number of nitrogens with zero attached hydrogens (tertiary/aromatic N) is 2. The molecule has 2 aromatic carbocycles. The van der Waals surface area contributed by atoms with E-state index in [1.807, 2.05) is 50.2 Å². The van der Waals surface area contributed by atoms with Gasteiger partial charge in [0, 0.05) is 16.3 Å². The van der Waals surface area contributed by atoms with Gasteiger partial charge in [0.1, 0.15) is 6.20 Å². The lowest BCUT2D eigenvalue weighted by atomic mass is 10.1. The molecule has 3 aromatic rings. The number of nitrogens with one attached hydrogen (secondary N) is 1. The number of halogens is 1. The van der Waals surface area contributed by atoms with Crippen LogP contribution in [0.3, 0.4) is 0 Å². The number of imidazole rings is 1. The van der Waals surface area contributed by atoms with Gasteiger partial charge in [0.25, 0.3) is 11.7 Å². The first-order valence-corrected chi connectivity index (χ1v) is 9.64. The zero-order chi connectivity index (χ0) is 19.0. The molecule has 0 saturated carbocycles. The zero-order valence-corrected chi connectivity index (χ0v) is 16.4. The monoisotopic (exact) mass is 380 g/mol. The van der Waals surface area contributed by atoms with Gasteiger partial charge in [-0.3, -0.25) is 4.79 Å². The van der Waals surface area contributed by atoms with Gasteiger partial charge < -0.3 is 5.32 Å². The first kappa shape index (κ1) is 17.8. The van der Waals surface area contributed by atoms with Gasteiger partial charge in [0.15, 0.2) is 12.2 Å². The fourth-order valence-electron chi connectivity index (χ4n) is 3.71. The number of carbonyl (C=O) groups excluding carboxylic acids is 1. The van der Waals surface area contributed by atoms with E-state index in [0.717, 1.165) is 52.5 Å². The molecule has 0 bridgehead atoms. The van der Waals surface area contributed by atoms with Crippen molar-refractivity contribution in [2.75, 3.05) is 5.32 Å². The van der Waals surface area contributed by atoms with Crippen LogP contribution in [0.4, 0.5) is 5.69 Å². The molecule has 0 spiro atoms. The molecule has 138 valence electrons. The van der Waals surface area contributed by atoms with Crippen molar-refractivity contribution in [1.29, 1.82) is 0 Å². The Morgan fingerprint density at radius 2 is 1.96 bits per heavy atom. The number of rotatable bonds is 4. The minimum atomic E-state index is -0.00310. The van der Waals surface area contributed by atoms with Gasteiger partial charge in [-0.15, -0.1) is 0 Å². The summed E-state index contributed by atoms with van der Waals surface area (Å²) in [5, 5.41) is 3.79. The van der Waals surface area contributed by atoms with Crippen molar-refractivity contribution in [3.05, 3.63) is 70.6 Å². The molecular weight excluding hydrogens is 358 g/mol. The van der Waals surface area contributed by atoms with Crippen LogP contribution in [-0.2, 0) is 24.3 Å². The minimum absolute atomic E-state index is 0.00310. The molecule has 0 atom stereocenters. The van der Waals surface area contributed by atoms with Gasteiger partial charge >= 0.3 is 0 Å². The Labute approximate surface area is 164 Å². The molecule has 0 unspecified atom stereocenters. The molecule has 1 aromatic heterocycles. The van der Waals surface area contributed by atoms with Gasteiger partial charge in [-0.2, -0.15) is 0 Å². The van der Waals surface area contributed by atoms with Crippen LogP contribution in [0.25, 0.3) is 11.3 Å². The molecule has 4 rings (SSSR count). The van der Waals surface area contributed by atoms with Gasteiger partial charge in [-0.1, -0.05) is 23.7 Å². The Kier molecular flexibility index (Phi) is 4.75. The average Bonchev–Trinajstić information content (AvgIpc) is 3.23. The Morgan fingerprint density at radius 1 is 1.19 bits per heavy atom. The lowest BCUT2D eigenvalue weighted by Crippen LogP contribution is -2.42. The van der Waals surface area contributed by atoms with Crippen molar-refractivity contribution in [1.82, 2.24) is 4.57 Å². The van der Waals surface area contributed by atoms with Crippen molar-refractivity contribution in [3.63, 3.8) is 0 Å². The Bertz CT molecular complexity index is 1010. The largest absolute Gasteiger partial charge is 0.322 e. The minimum Gasteiger partial charge on any atom is -0.322 e. The van der Waals surface area contributed by atoms with Crippen LogP contribution < -0.4 is 9.88 Å². The van der Waals surface area contributed by atoms with E-state index in [1.54, 1.807) is 0 Å². The van der Waals surface area contributed by atoms with E-state index in [9.17, 15) is 4.79 Å². The predicted octanol–water partition coefficient (Wildman–Crippen LogP) is 4.30. The highest BCUT2D eigenvalue weighted by Gasteiger charge is 2.29. The standard InChI is InChI=1S/C22H22ClN3O/c1-15-5-6-16(2)19(12-15)24-21(27)14-25-13-20(26-11-3-4-22(25)26)17-7-9-18(23)10-8-17/h5-10,12-13H,3-4,11,14H2,1-2H3/p+1. The highest BCUT2D eigenvalue weighted by molar-refractivity contribution is 6.30. The molecule has 27 heavy (non-hydrogen) atoms. The number of hydrogen-bond donors (Lipinski definition) is 1. The van der Waals surface area contributed by atoms with E-state index >= 15 is 0 Å². The summed E-state index contributed by atoms with van der Waals surface area (Å²) in [7, 11) is 0. The van der Waals surface area contributed by atoms with Crippen LogP contribution in [0.1, 0.15) is 23.4 Å². The van der Waals surface area contributed by atoms with Crippen LogP contribution in [-0.4, -0.2) is 10.5 Å². The molecule has 0 radical (unpaired) electrons. The lowest BCUT2D eigenvalue weighted by Gasteiger charge is -2.08. The molecular formula is C22H23ClN3O+. The smallest absolute Gasteiger partial charge is 0.266 e. The van der Waals surface area contributed by atoms with Crippen LogP contribution in [0.5, 0.6) is 0 Å². The molecule has 1 aliphatic heterocycles. The van der Waals surface area contributed by atoms with E-state index in [2.05, 4.69) is 26.7 Å². The number of aryl methyl sites for hydroxylation is 2. The number of anilines is 1. The van der Waals surface area contributed by atoms with Crippen LogP contribution in [0.15, 0.2) is 48.7 Å². The van der Waals surface area contributed by atoms with Crippen LogP contribution >= 0.6 is 11.6 Å². The molecule has 0 fully saturated rings. The summed E-state index contributed by atoms with van der Waals surface area (Å²) in [6, 6.07) is 14.0. The van der Waals surface area contributed by atoms with Crippen molar-refractivity contribution in [2.24, 2.45) is 0 Å². The first-order valence-electron chi connectivity index (χ1n) is 9.26. The number of carbonyl (C=O) groups is 1. The Morgan fingerprint density at radius 3 is 2.74 bits per heavy atom. The number of fused-ring (bicyclic) bond motifs is 1. The fraction of sp³-hybridized carbons (Fsp3) is 0.273. The third kappa shape index (κ3) is 3.62. The number of amides is 1. The second-order valence-electron chi connectivity index (χ2n) is 7.19. The molecule has 1 N–H and O–H groups in total. The van der Waals surface area contributed by atoms with Gasteiger partial charge in [0.05, 0.1) is 13.0 Å². The molecule has 0 aliphatic carbocycles. The van der Waals surface area contributed by atoms with Gasteiger partial charge in [-0.05, 0) is 61.7 Å². The van der Waals surface area contributed by atoms with E-state index < -0.39 is 0 Å². The van der Waals surface area contributed by atoms with Crippen molar-refractivity contribution in [3.8, 4) is 11.3 Å². The first-order chi connectivity index (χ1) is 13.0. The van der Waals surface area contributed by atoms with Crippen LogP contribution in [0, 0.1) is 13.8 Å². The summed E-state index contributed by atoms with van der Waals surface area (Å²) in [6.45, 7) is 5.34. The van der Waals surface area contributed by atoms with Crippen LogP contribution in [0.2, 0.25) is 5.02 Å². The fourth-order valence-corrected chi connectivity index (χ4v) is 3.84. The third-order valence-corrected chi connectivity index (χ3v) is 5.37. The maximum Gasteiger partial charge on any atom is 0.266 e. The van der Waals surface area contributed by atoms with Crippen molar-refractivity contribution >= 4 is 23.2 Å². The summed E-state index contributed by atoms with van der Waals surface area (Å²) in [5.41, 5.74) is 5.35. The topological polar surface area (TPSA) is 37.9 Å². The van der Waals surface area contributed by atoms with Crippen molar-refractivity contribution < 1.29 is 9.36 Å². The van der Waals surface area contributed by atoms with Gasteiger partial charge in [-0.25, -0.2) is 9.13 Å². The second kappa shape index (κ2) is 7.20. The zero-order valence-electron chi connectivity index (χ0n) is 15.6. The number of aromatic nitrogens is 2. The predicted molar refractivity (Wildman–Crippen MR) is 108 cm³/mol. The molecule has 2 heterocycles. The Hall–Kier alpha value is -2.59. The third-order valence-electron chi connectivity index (χ3n) is 5.12. The molecule has 5 heteroatoms. The number of benzene rings is 2. The SMILES string of the molecule is Cc1ccc(C)c(NC(=O)C[n+]2cc(-c3ccc(Cl)cc3)n3c2CCC3)c1. The summed E-state index contributed by atoms with van der Waals surface area (Å²) >= 11 is 6.03. The summed E-state index contributed by atoms with van der Waals surface area (Å²) < 4.78 is 4.39. The van der Waals surface area contributed by atoms with E-state index in [0.29, 0.717) is 6.54 Å². The van der Waals surface area contributed by atoms with E-state index in [4.69, 9.17) is 11.6 Å².